The van der Waals surface area contributed by atoms with Crippen LogP contribution in [0.3, 0.4) is 0 Å². The molecule has 0 aliphatic rings. The normalized spacial score (nSPS) is 11.2. The lowest BCUT2D eigenvalue weighted by molar-refractivity contribution is 0.0698. The van der Waals surface area contributed by atoms with Gasteiger partial charge in [0.15, 0.2) is 5.65 Å². The molecule has 0 radical (unpaired) electrons. The van der Waals surface area contributed by atoms with Gasteiger partial charge in [0, 0.05) is 12.2 Å². The highest BCUT2D eigenvalue weighted by atomic mass is 16.4. The van der Waals surface area contributed by atoms with E-state index in [0.29, 0.717) is 18.7 Å². The van der Waals surface area contributed by atoms with Crippen molar-refractivity contribution in [3.8, 4) is 0 Å². The molecule has 2 N–H and O–H groups in total. The van der Waals surface area contributed by atoms with Crippen LogP contribution in [0.2, 0.25) is 0 Å². The number of nitrogens with one attached hydrogen (secondary N) is 1. The van der Waals surface area contributed by atoms with Crippen molar-refractivity contribution in [3.63, 3.8) is 0 Å². The fourth-order valence-electron chi connectivity index (χ4n) is 2.21. The summed E-state index contributed by atoms with van der Waals surface area (Å²) in [6.07, 6.45) is 0.513. The van der Waals surface area contributed by atoms with Crippen molar-refractivity contribution in [2.45, 2.75) is 33.7 Å². The van der Waals surface area contributed by atoms with E-state index in [2.05, 4.69) is 9.97 Å². The van der Waals surface area contributed by atoms with E-state index in [-0.39, 0.29) is 22.5 Å². The second-order valence-electron chi connectivity index (χ2n) is 5.28. The molecule has 0 saturated carbocycles. The minimum Gasteiger partial charge on any atom is -0.478 e. The Balaban J connectivity index is 2.98. The molecule has 2 aromatic rings. The number of aryl methyl sites for hydroxylation is 1. The highest BCUT2D eigenvalue weighted by molar-refractivity contribution is 6.01. The van der Waals surface area contributed by atoms with E-state index in [1.807, 2.05) is 20.8 Å². The van der Waals surface area contributed by atoms with E-state index in [9.17, 15) is 19.5 Å². The molecule has 0 fully saturated rings. The smallest absolute Gasteiger partial charge is 0.336 e. The number of hydrogen-bond acceptors (Lipinski definition) is 4. The van der Waals surface area contributed by atoms with Crippen LogP contribution >= 0.6 is 0 Å². The predicted molar refractivity (Wildman–Crippen MR) is 77.8 cm³/mol. The third kappa shape index (κ3) is 2.72. The maximum Gasteiger partial charge on any atom is 0.336 e. The minimum atomic E-state index is -1.21. The Morgan fingerprint density at radius 2 is 2.10 bits per heavy atom. The molecular weight excluding hydrogens is 274 g/mol. The first-order valence-corrected chi connectivity index (χ1v) is 6.75. The molecule has 0 aromatic carbocycles. The first-order valence-electron chi connectivity index (χ1n) is 6.75. The molecule has 0 unspecified atom stereocenters. The number of hydrogen-bond donors (Lipinski definition) is 2. The molecule has 0 amide bonds. The summed E-state index contributed by atoms with van der Waals surface area (Å²) in [7, 11) is 0. The Hall–Kier alpha value is -2.44. The van der Waals surface area contributed by atoms with Crippen LogP contribution in [0.5, 0.6) is 0 Å². The molecule has 2 aromatic heterocycles. The number of fused-ring (bicyclic) bond motifs is 1. The lowest BCUT2D eigenvalue weighted by Gasteiger charge is -2.13. The van der Waals surface area contributed by atoms with Gasteiger partial charge < -0.3 is 5.11 Å². The van der Waals surface area contributed by atoms with Crippen molar-refractivity contribution in [1.29, 1.82) is 0 Å². The maximum atomic E-state index is 12.0. The Morgan fingerprint density at radius 3 is 2.62 bits per heavy atom. The number of pyridine rings is 1. The molecule has 112 valence electrons. The molecule has 2 rings (SSSR count). The highest BCUT2D eigenvalue weighted by Crippen LogP contribution is 2.15. The molecule has 21 heavy (non-hydrogen) atoms. The van der Waals surface area contributed by atoms with Crippen LogP contribution in [0.25, 0.3) is 11.0 Å². The summed E-state index contributed by atoms with van der Waals surface area (Å²) in [5, 5.41) is 9.25. The first-order chi connectivity index (χ1) is 9.85. The summed E-state index contributed by atoms with van der Waals surface area (Å²) in [6.45, 7) is 6.03. The van der Waals surface area contributed by atoms with Gasteiger partial charge in [0.2, 0.25) is 0 Å². The quantitative estimate of drug-likeness (QED) is 0.874. The molecule has 2 heterocycles. The number of carboxylic acid groups (broad SMARTS) is 1. The fraction of sp³-hybridized carbons (Fsp3) is 0.429. The largest absolute Gasteiger partial charge is 0.478 e. The first kappa shape index (κ1) is 15.0. The van der Waals surface area contributed by atoms with Crippen LogP contribution < -0.4 is 11.2 Å². The number of nitrogens with zero attached hydrogens (tertiary/aromatic N) is 2. The topological polar surface area (TPSA) is 105 Å². The highest BCUT2D eigenvalue weighted by Gasteiger charge is 2.18. The van der Waals surface area contributed by atoms with Gasteiger partial charge in [0.05, 0.1) is 10.9 Å². The van der Waals surface area contributed by atoms with Gasteiger partial charge in [-0.3, -0.25) is 14.3 Å². The third-order valence-corrected chi connectivity index (χ3v) is 3.14. The Morgan fingerprint density at radius 1 is 1.43 bits per heavy atom. The van der Waals surface area contributed by atoms with E-state index in [4.69, 9.17) is 0 Å². The van der Waals surface area contributed by atoms with Gasteiger partial charge in [-0.2, -0.15) is 0 Å². The van der Waals surface area contributed by atoms with Gasteiger partial charge in [-0.15, -0.1) is 0 Å². The zero-order valence-corrected chi connectivity index (χ0v) is 12.1. The zero-order chi connectivity index (χ0) is 15.7. The summed E-state index contributed by atoms with van der Waals surface area (Å²) in [6, 6.07) is 1.38. The van der Waals surface area contributed by atoms with E-state index in [1.54, 1.807) is 0 Å². The average molecular weight is 291 g/mol. The molecule has 0 saturated heterocycles. The van der Waals surface area contributed by atoms with E-state index in [0.717, 1.165) is 0 Å². The predicted octanol–water partition coefficient (Wildman–Crippen LogP) is 1.00. The van der Waals surface area contributed by atoms with Crippen molar-refractivity contribution < 1.29 is 9.90 Å². The van der Waals surface area contributed by atoms with Crippen LogP contribution in [0.1, 0.15) is 36.8 Å². The number of aromatic nitrogens is 3. The summed E-state index contributed by atoms with van der Waals surface area (Å²) >= 11 is 0. The fourth-order valence-corrected chi connectivity index (χ4v) is 2.21. The molecule has 0 atom stereocenters. The Kier molecular flexibility index (Phi) is 3.93. The number of aromatic carboxylic acids is 1. The van der Waals surface area contributed by atoms with E-state index < -0.39 is 17.2 Å². The van der Waals surface area contributed by atoms with Crippen molar-refractivity contribution in [1.82, 2.24) is 14.5 Å². The van der Waals surface area contributed by atoms with Gasteiger partial charge >= 0.3 is 11.7 Å². The van der Waals surface area contributed by atoms with Crippen LogP contribution in [-0.2, 0) is 13.0 Å². The second-order valence-corrected chi connectivity index (χ2v) is 5.28. The number of rotatable bonds is 4. The second kappa shape index (κ2) is 5.51. The number of carboxylic acids is 1. The number of carbonyl (C=O) groups is 1. The third-order valence-electron chi connectivity index (χ3n) is 3.14. The summed E-state index contributed by atoms with van der Waals surface area (Å²) in [4.78, 5) is 41.8. The van der Waals surface area contributed by atoms with Gasteiger partial charge in [-0.25, -0.2) is 14.6 Å². The number of aromatic amines is 1. The SMILES string of the molecule is CCc1cc(C(=O)O)c2c(=O)[nH]c(=O)n(CC(C)C)c2n1. The Labute approximate surface area is 120 Å². The lowest BCUT2D eigenvalue weighted by Crippen LogP contribution is -2.33. The maximum absolute atomic E-state index is 12.0. The van der Waals surface area contributed by atoms with E-state index in [1.165, 1.54) is 10.6 Å². The van der Waals surface area contributed by atoms with Crippen LogP contribution in [-0.4, -0.2) is 25.6 Å². The molecule has 0 aliphatic carbocycles. The lowest BCUT2D eigenvalue weighted by atomic mass is 10.1. The van der Waals surface area contributed by atoms with Crippen LogP contribution in [0.4, 0.5) is 0 Å². The minimum absolute atomic E-state index is 0.0556. The molecular formula is C14H17N3O4. The summed E-state index contributed by atoms with van der Waals surface area (Å²) < 4.78 is 1.33. The van der Waals surface area contributed by atoms with Gasteiger partial charge in [0.1, 0.15) is 0 Å². The van der Waals surface area contributed by atoms with Crippen LogP contribution in [0.15, 0.2) is 15.7 Å². The molecule has 7 nitrogen and oxygen atoms in total. The summed E-state index contributed by atoms with van der Waals surface area (Å²) in [5.74, 6) is -1.06. The monoisotopic (exact) mass is 291 g/mol. The Bertz CT molecular complexity index is 817. The number of H-pyrrole nitrogens is 1. The molecule has 0 aliphatic heterocycles. The van der Waals surface area contributed by atoms with E-state index >= 15 is 0 Å². The van der Waals surface area contributed by atoms with Crippen molar-refractivity contribution in [3.05, 3.63) is 38.2 Å². The standard InChI is InChI=1S/C14H17N3O4/c1-4-8-5-9(13(19)20)10-11(15-8)17(6-7(2)3)14(21)16-12(10)18/h5,7H,4,6H2,1-3H3,(H,19,20)(H,16,18,21). The van der Waals surface area contributed by atoms with Gasteiger partial charge in [0.25, 0.3) is 5.56 Å². The molecule has 0 bridgehead atoms. The molecule has 0 spiro atoms. The molecule has 7 heteroatoms. The zero-order valence-electron chi connectivity index (χ0n) is 12.1. The van der Waals surface area contributed by atoms with Gasteiger partial charge in [-0.1, -0.05) is 20.8 Å². The van der Waals surface area contributed by atoms with Crippen molar-refractivity contribution in [2.75, 3.05) is 0 Å². The van der Waals surface area contributed by atoms with Crippen molar-refractivity contribution in [2.24, 2.45) is 5.92 Å². The summed E-state index contributed by atoms with van der Waals surface area (Å²) in [5.41, 5.74) is -0.756. The average Bonchev–Trinajstić information content (AvgIpc) is 2.41. The van der Waals surface area contributed by atoms with Gasteiger partial charge in [-0.05, 0) is 18.4 Å². The van der Waals surface area contributed by atoms with Crippen LogP contribution in [0, 0.1) is 5.92 Å². The van der Waals surface area contributed by atoms with Crippen molar-refractivity contribution >= 4 is 17.0 Å².